The molecule has 0 aromatic carbocycles. The van der Waals surface area contributed by atoms with Crippen molar-refractivity contribution in [3.63, 3.8) is 0 Å². The van der Waals surface area contributed by atoms with E-state index >= 15 is 0 Å². The van der Waals surface area contributed by atoms with Crippen LogP contribution in [0.5, 0.6) is 0 Å². The molecule has 94 valence electrons. The Hall–Kier alpha value is -1.26. The van der Waals surface area contributed by atoms with Crippen LogP contribution >= 0.6 is 0 Å². The van der Waals surface area contributed by atoms with E-state index in [1.807, 2.05) is 27.7 Å². The lowest BCUT2D eigenvalue weighted by Crippen LogP contribution is -2.46. The zero-order valence-corrected chi connectivity index (χ0v) is 10.6. The van der Waals surface area contributed by atoms with Gasteiger partial charge in [0.05, 0.1) is 6.54 Å². The van der Waals surface area contributed by atoms with Crippen molar-refractivity contribution in [3.05, 3.63) is 0 Å². The molecule has 16 heavy (non-hydrogen) atoms. The standard InChI is InChI=1S/C11H23N3O2/c1-5-6-12-10(15)7-13-11(16)14-9(4)8(2)3/h8-9H,5-7H2,1-4H3,(H,12,15)(H2,13,14,16). The van der Waals surface area contributed by atoms with Gasteiger partial charge in [-0.2, -0.15) is 0 Å². The molecule has 5 nitrogen and oxygen atoms in total. The molecule has 0 aromatic heterocycles. The predicted octanol–water partition coefficient (Wildman–Crippen LogP) is 0.856. The first kappa shape index (κ1) is 14.7. The van der Waals surface area contributed by atoms with Gasteiger partial charge in [-0.15, -0.1) is 0 Å². The van der Waals surface area contributed by atoms with E-state index in [4.69, 9.17) is 0 Å². The Morgan fingerprint density at radius 2 is 1.75 bits per heavy atom. The van der Waals surface area contributed by atoms with E-state index in [2.05, 4.69) is 16.0 Å². The van der Waals surface area contributed by atoms with Crippen molar-refractivity contribution < 1.29 is 9.59 Å². The van der Waals surface area contributed by atoms with Crippen LogP contribution in [0.25, 0.3) is 0 Å². The molecular weight excluding hydrogens is 206 g/mol. The third-order valence-corrected chi connectivity index (χ3v) is 2.34. The lowest BCUT2D eigenvalue weighted by Gasteiger charge is -2.17. The number of amides is 3. The van der Waals surface area contributed by atoms with E-state index in [0.717, 1.165) is 6.42 Å². The molecule has 0 rings (SSSR count). The van der Waals surface area contributed by atoms with Crippen LogP contribution in [0.1, 0.15) is 34.1 Å². The van der Waals surface area contributed by atoms with Gasteiger partial charge in [-0.05, 0) is 19.3 Å². The highest BCUT2D eigenvalue weighted by Crippen LogP contribution is 1.98. The molecule has 0 aliphatic carbocycles. The van der Waals surface area contributed by atoms with Gasteiger partial charge in [0.25, 0.3) is 0 Å². The molecule has 3 amide bonds. The highest BCUT2D eigenvalue weighted by atomic mass is 16.2. The molecule has 1 atom stereocenters. The van der Waals surface area contributed by atoms with Crippen molar-refractivity contribution >= 4 is 11.9 Å². The second kappa shape index (κ2) is 7.96. The van der Waals surface area contributed by atoms with Crippen LogP contribution < -0.4 is 16.0 Å². The van der Waals surface area contributed by atoms with Gasteiger partial charge in [-0.1, -0.05) is 20.8 Å². The van der Waals surface area contributed by atoms with Gasteiger partial charge in [-0.25, -0.2) is 4.79 Å². The molecule has 0 saturated heterocycles. The minimum atomic E-state index is -0.298. The largest absolute Gasteiger partial charge is 0.355 e. The maximum absolute atomic E-state index is 11.3. The summed E-state index contributed by atoms with van der Waals surface area (Å²) in [5.74, 6) is 0.217. The summed E-state index contributed by atoms with van der Waals surface area (Å²) < 4.78 is 0. The molecule has 0 fully saturated rings. The van der Waals surface area contributed by atoms with Gasteiger partial charge in [0.2, 0.25) is 5.91 Å². The summed E-state index contributed by atoms with van der Waals surface area (Å²) in [6, 6.07) is -0.202. The molecule has 3 N–H and O–H groups in total. The Balaban J connectivity index is 3.69. The molecule has 0 aliphatic rings. The van der Waals surface area contributed by atoms with E-state index in [9.17, 15) is 9.59 Å². The molecule has 0 aromatic rings. The van der Waals surface area contributed by atoms with Crippen molar-refractivity contribution in [2.75, 3.05) is 13.1 Å². The SMILES string of the molecule is CCCNC(=O)CNC(=O)NC(C)C(C)C. The molecule has 0 bridgehead atoms. The van der Waals surface area contributed by atoms with Gasteiger partial charge >= 0.3 is 6.03 Å². The van der Waals surface area contributed by atoms with Crippen molar-refractivity contribution in [1.82, 2.24) is 16.0 Å². The van der Waals surface area contributed by atoms with Gasteiger partial charge in [0, 0.05) is 12.6 Å². The third kappa shape index (κ3) is 7.09. The summed E-state index contributed by atoms with van der Waals surface area (Å²) in [6.07, 6.45) is 0.891. The average molecular weight is 229 g/mol. The second-order valence-electron chi connectivity index (χ2n) is 4.21. The van der Waals surface area contributed by atoms with E-state index in [-0.39, 0.29) is 24.5 Å². The van der Waals surface area contributed by atoms with Crippen LogP contribution in [0.4, 0.5) is 4.79 Å². The maximum Gasteiger partial charge on any atom is 0.315 e. The molecule has 0 heterocycles. The summed E-state index contributed by atoms with van der Waals surface area (Å²) in [5, 5.41) is 7.96. The van der Waals surface area contributed by atoms with Crippen molar-refractivity contribution in [2.24, 2.45) is 5.92 Å². The zero-order valence-electron chi connectivity index (χ0n) is 10.6. The number of hydrogen-bond acceptors (Lipinski definition) is 2. The van der Waals surface area contributed by atoms with E-state index < -0.39 is 0 Å². The number of carbonyl (C=O) groups excluding carboxylic acids is 2. The average Bonchev–Trinajstić information content (AvgIpc) is 2.23. The van der Waals surface area contributed by atoms with Crippen LogP contribution in [0.2, 0.25) is 0 Å². The molecule has 1 unspecified atom stereocenters. The quantitative estimate of drug-likeness (QED) is 0.632. The normalized spacial score (nSPS) is 12.1. The van der Waals surface area contributed by atoms with Crippen LogP contribution in [-0.4, -0.2) is 31.1 Å². The topological polar surface area (TPSA) is 70.2 Å². The summed E-state index contributed by atoms with van der Waals surface area (Å²) in [7, 11) is 0. The predicted molar refractivity (Wildman–Crippen MR) is 64.1 cm³/mol. The number of carbonyl (C=O) groups is 2. The third-order valence-electron chi connectivity index (χ3n) is 2.34. The van der Waals surface area contributed by atoms with Gasteiger partial charge in [-0.3, -0.25) is 4.79 Å². The summed E-state index contributed by atoms with van der Waals surface area (Å²) >= 11 is 0. The van der Waals surface area contributed by atoms with E-state index in [1.165, 1.54) is 0 Å². The summed E-state index contributed by atoms with van der Waals surface area (Å²) in [6.45, 7) is 8.63. The van der Waals surface area contributed by atoms with Gasteiger partial charge in [0.15, 0.2) is 0 Å². The lowest BCUT2D eigenvalue weighted by atomic mass is 10.1. The van der Waals surface area contributed by atoms with Crippen molar-refractivity contribution in [3.8, 4) is 0 Å². The molecule has 0 saturated carbocycles. The minimum Gasteiger partial charge on any atom is -0.355 e. The Morgan fingerprint density at radius 3 is 2.25 bits per heavy atom. The number of rotatable bonds is 6. The van der Waals surface area contributed by atoms with Crippen LogP contribution in [0.15, 0.2) is 0 Å². The van der Waals surface area contributed by atoms with E-state index in [1.54, 1.807) is 0 Å². The molecule has 0 aliphatic heterocycles. The van der Waals surface area contributed by atoms with Crippen molar-refractivity contribution in [2.45, 2.75) is 40.2 Å². The highest BCUT2D eigenvalue weighted by Gasteiger charge is 2.10. The second-order valence-corrected chi connectivity index (χ2v) is 4.21. The first-order valence-electron chi connectivity index (χ1n) is 5.78. The first-order valence-corrected chi connectivity index (χ1v) is 5.78. The fourth-order valence-electron chi connectivity index (χ4n) is 0.912. The van der Waals surface area contributed by atoms with Crippen LogP contribution in [-0.2, 0) is 4.79 Å². The minimum absolute atomic E-state index is 0.0245. The monoisotopic (exact) mass is 229 g/mol. The Labute approximate surface area is 97.4 Å². The molecule has 5 heteroatoms. The Kier molecular flexibility index (Phi) is 7.33. The van der Waals surface area contributed by atoms with E-state index in [0.29, 0.717) is 12.5 Å². The fraction of sp³-hybridized carbons (Fsp3) is 0.818. The number of urea groups is 1. The smallest absolute Gasteiger partial charge is 0.315 e. The first-order chi connectivity index (χ1) is 7.47. The Bertz CT molecular complexity index is 229. The number of nitrogens with one attached hydrogen (secondary N) is 3. The van der Waals surface area contributed by atoms with Crippen LogP contribution in [0, 0.1) is 5.92 Å². The molecule has 0 radical (unpaired) electrons. The Morgan fingerprint density at radius 1 is 1.12 bits per heavy atom. The summed E-state index contributed by atoms with van der Waals surface area (Å²) in [5.41, 5.74) is 0. The van der Waals surface area contributed by atoms with Gasteiger partial charge in [0.1, 0.15) is 0 Å². The maximum atomic E-state index is 11.3. The van der Waals surface area contributed by atoms with Crippen molar-refractivity contribution in [1.29, 1.82) is 0 Å². The fourth-order valence-corrected chi connectivity index (χ4v) is 0.912. The highest BCUT2D eigenvalue weighted by molar-refractivity contribution is 5.83. The molecule has 0 spiro atoms. The molecular formula is C11H23N3O2. The zero-order chi connectivity index (χ0) is 12.6. The van der Waals surface area contributed by atoms with Crippen LogP contribution in [0.3, 0.4) is 0 Å². The summed E-state index contributed by atoms with van der Waals surface area (Å²) in [4.78, 5) is 22.5. The lowest BCUT2D eigenvalue weighted by molar-refractivity contribution is -0.120. The van der Waals surface area contributed by atoms with Gasteiger partial charge < -0.3 is 16.0 Å². The number of hydrogen-bond donors (Lipinski definition) is 3.